The summed E-state index contributed by atoms with van der Waals surface area (Å²) in [5.74, 6) is 5.28. The molecule has 0 heterocycles. The van der Waals surface area contributed by atoms with Crippen molar-refractivity contribution in [3.8, 4) is 0 Å². The zero-order valence-electron chi connectivity index (χ0n) is 6.10. The van der Waals surface area contributed by atoms with Gasteiger partial charge < -0.3 is 5.43 Å². The van der Waals surface area contributed by atoms with E-state index in [1.807, 2.05) is 18.4 Å². The molecule has 0 fully saturated rings. The Morgan fingerprint density at radius 3 is 2.73 bits per heavy atom. The lowest BCUT2D eigenvalue weighted by atomic mass is 10.3. The lowest BCUT2D eigenvalue weighted by molar-refractivity contribution is 1.29. The van der Waals surface area contributed by atoms with Crippen LogP contribution < -0.4 is 11.3 Å². The van der Waals surface area contributed by atoms with Crippen LogP contribution in [0.3, 0.4) is 0 Å². The summed E-state index contributed by atoms with van der Waals surface area (Å²) in [7, 11) is 0. The van der Waals surface area contributed by atoms with Crippen molar-refractivity contribution in [3.05, 3.63) is 23.2 Å². The first-order valence-corrected chi connectivity index (χ1v) is 4.69. The van der Waals surface area contributed by atoms with Gasteiger partial charge in [0.15, 0.2) is 0 Å². The minimum Gasteiger partial charge on any atom is -0.322 e. The van der Waals surface area contributed by atoms with Crippen molar-refractivity contribution in [2.45, 2.75) is 4.90 Å². The molecule has 1 aromatic rings. The van der Waals surface area contributed by atoms with E-state index in [0.29, 0.717) is 5.02 Å². The first-order valence-electron chi connectivity index (χ1n) is 3.08. The van der Waals surface area contributed by atoms with Crippen LogP contribution in [0.4, 0.5) is 5.69 Å². The van der Waals surface area contributed by atoms with Gasteiger partial charge in [-0.15, -0.1) is 11.8 Å². The van der Waals surface area contributed by atoms with Crippen LogP contribution in [0.15, 0.2) is 23.1 Å². The van der Waals surface area contributed by atoms with Crippen molar-refractivity contribution in [1.82, 2.24) is 0 Å². The Balaban J connectivity index is 3.13. The van der Waals surface area contributed by atoms with Crippen LogP contribution in [0.1, 0.15) is 0 Å². The van der Waals surface area contributed by atoms with Crippen LogP contribution in [0, 0.1) is 0 Å². The fraction of sp³-hybridized carbons (Fsp3) is 0.143. The van der Waals surface area contributed by atoms with Crippen molar-refractivity contribution in [3.63, 3.8) is 0 Å². The summed E-state index contributed by atoms with van der Waals surface area (Å²) in [6, 6.07) is 5.66. The van der Waals surface area contributed by atoms with E-state index in [2.05, 4.69) is 5.43 Å². The van der Waals surface area contributed by atoms with Gasteiger partial charge in [-0.1, -0.05) is 17.7 Å². The number of nitrogens with two attached hydrogens (primary N) is 1. The van der Waals surface area contributed by atoms with Crippen LogP contribution in [0.25, 0.3) is 0 Å². The topological polar surface area (TPSA) is 38.0 Å². The first kappa shape index (κ1) is 8.71. The molecule has 3 N–H and O–H groups in total. The zero-order valence-corrected chi connectivity index (χ0v) is 7.67. The molecule has 0 saturated carbocycles. The predicted octanol–water partition coefficient (Wildman–Crippen LogP) is 2.35. The number of halogens is 1. The Morgan fingerprint density at radius 2 is 2.27 bits per heavy atom. The summed E-state index contributed by atoms with van der Waals surface area (Å²) >= 11 is 7.46. The van der Waals surface area contributed by atoms with Crippen LogP contribution >= 0.6 is 23.4 Å². The third kappa shape index (κ3) is 1.80. The molecule has 4 heteroatoms. The number of hydrazine groups is 1. The Bertz CT molecular complexity index is 252. The summed E-state index contributed by atoms with van der Waals surface area (Å²) in [6.45, 7) is 0. The van der Waals surface area contributed by atoms with Crippen LogP contribution in [0.2, 0.25) is 5.02 Å². The van der Waals surface area contributed by atoms with E-state index in [9.17, 15) is 0 Å². The summed E-state index contributed by atoms with van der Waals surface area (Å²) in [5, 5.41) is 0.652. The maximum Gasteiger partial charge on any atom is 0.0809 e. The molecule has 60 valence electrons. The quantitative estimate of drug-likeness (QED) is 0.425. The zero-order chi connectivity index (χ0) is 8.27. The maximum atomic E-state index is 5.85. The van der Waals surface area contributed by atoms with E-state index >= 15 is 0 Å². The third-order valence-corrected chi connectivity index (χ3v) is 2.43. The minimum absolute atomic E-state index is 0.652. The second kappa shape index (κ2) is 3.85. The van der Waals surface area contributed by atoms with Gasteiger partial charge >= 0.3 is 0 Å². The number of rotatable bonds is 2. The molecule has 11 heavy (non-hydrogen) atoms. The molecule has 0 unspecified atom stereocenters. The van der Waals surface area contributed by atoms with Crippen LogP contribution in [-0.4, -0.2) is 6.26 Å². The molecule has 0 aliphatic rings. The molecule has 0 radical (unpaired) electrons. The highest BCUT2D eigenvalue weighted by atomic mass is 35.5. The number of nitrogens with one attached hydrogen (secondary N) is 1. The molecule has 1 rings (SSSR count). The van der Waals surface area contributed by atoms with Gasteiger partial charge in [0.2, 0.25) is 0 Å². The monoisotopic (exact) mass is 188 g/mol. The lowest BCUT2D eigenvalue weighted by Gasteiger charge is -2.06. The third-order valence-electron chi connectivity index (χ3n) is 1.34. The lowest BCUT2D eigenvalue weighted by Crippen LogP contribution is -2.08. The molecule has 0 bridgehead atoms. The molecule has 0 atom stereocenters. The smallest absolute Gasteiger partial charge is 0.0809 e. The number of anilines is 1. The van der Waals surface area contributed by atoms with Crippen molar-refractivity contribution in [1.29, 1.82) is 0 Å². The summed E-state index contributed by atoms with van der Waals surface area (Å²) in [6.07, 6.45) is 1.98. The average molecular weight is 189 g/mol. The van der Waals surface area contributed by atoms with Crippen molar-refractivity contribution in [2.24, 2.45) is 5.84 Å². The summed E-state index contributed by atoms with van der Waals surface area (Å²) in [4.78, 5) is 1.06. The number of para-hydroxylation sites is 1. The Labute approximate surface area is 75.1 Å². The summed E-state index contributed by atoms with van der Waals surface area (Å²) < 4.78 is 0. The average Bonchev–Trinajstić information content (AvgIpc) is 2.04. The van der Waals surface area contributed by atoms with Gasteiger partial charge in [-0.2, -0.15) is 0 Å². The van der Waals surface area contributed by atoms with Crippen molar-refractivity contribution in [2.75, 3.05) is 11.7 Å². The Kier molecular flexibility index (Phi) is 3.05. The molecular formula is C7H9ClN2S. The van der Waals surface area contributed by atoms with Crippen molar-refractivity contribution < 1.29 is 0 Å². The van der Waals surface area contributed by atoms with E-state index in [4.69, 9.17) is 17.4 Å². The fourth-order valence-electron chi connectivity index (χ4n) is 0.815. The van der Waals surface area contributed by atoms with Gasteiger partial charge in [0, 0.05) is 4.90 Å². The second-order valence-electron chi connectivity index (χ2n) is 1.96. The van der Waals surface area contributed by atoms with Crippen molar-refractivity contribution >= 4 is 29.1 Å². The largest absolute Gasteiger partial charge is 0.322 e. The van der Waals surface area contributed by atoms with Gasteiger partial charge in [-0.05, 0) is 18.4 Å². The number of hydrogen-bond acceptors (Lipinski definition) is 3. The summed E-state index contributed by atoms with van der Waals surface area (Å²) in [5.41, 5.74) is 3.36. The van der Waals surface area contributed by atoms with E-state index in [-0.39, 0.29) is 0 Å². The Morgan fingerprint density at radius 1 is 1.55 bits per heavy atom. The molecule has 0 amide bonds. The highest BCUT2D eigenvalue weighted by molar-refractivity contribution is 7.98. The molecule has 2 nitrogen and oxygen atoms in total. The van der Waals surface area contributed by atoms with Gasteiger partial charge in [-0.25, -0.2) is 0 Å². The predicted molar refractivity (Wildman–Crippen MR) is 51.0 cm³/mol. The normalized spacial score (nSPS) is 9.73. The number of hydrogen-bond donors (Lipinski definition) is 2. The number of thioether (sulfide) groups is 1. The molecule has 0 spiro atoms. The van der Waals surface area contributed by atoms with Gasteiger partial charge in [0.25, 0.3) is 0 Å². The van der Waals surface area contributed by atoms with Gasteiger partial charge in [-0.3, -0.25) is 5.84 Å². The first-order chi connectivity index (χ1) is 5.29. The molecule has 0 aliphatic carbocycles. The highest BCUT2D eigenvalue weighted by Gasteiger charge is 2.02. The van der Waals surface area contributed by atoms with E-state index in [1.165, 1.54) is 0 Å². The van der Waals surface area contributed by atoms with E-state index in [0.717, 1.165) is 10.6 Å². The van der Waals surface area contributed by atoms with Gasteiger partial charge in [0.1, 0.15) is 0 Å². The molecule has 1 aromatic carbocycles. The highest BCUT2D eigenvalue weighted by Crippen LogP contribution is 2.30. The SMILES string of the molecule is CSc1cccc(Cl)c1NN. The van der Waals surface area contributed by atoms with E-state index < -0.39 is 0 Å². The molecule has 0 saturated heterocycles. The second-order valence-corrected chi connectivity index (χ2v) is 3.22. The number of benzene rings is 1. The minimum atomic E-state index is 0.652. The van der Waals surface area contributed by atoms with Gasteiger partial charge in [0.05, 0.1) is 10.7 Å². The molecule has 0 aliphatic heterocycles. The Hall–Kier alpha value is -0.380. The standard InChI is InChI=1S/C7H9ClN2S/c1-11-6-4-2-3-5(8)7(6)10-9/h2-4,10H,9H2,1H3. The fourth-order valence-corrected chi connectivity index (χ4v) is 1.69. The maximum absolute atomic E-state index is 5.85. The number of nitrogen functional groups attached to an aromatic ring is 1. The van der Waals surface area contributed by atoms with E-state index in [1.54, 1.807) is 17.8 Å². The van der Waals surface area contributed by atoms with Crippen LogP contribution in [0.5, 0.6) is 0 Å². The van der Waals surface area contributed by atoms with Crippen LogP contribution in [-0.2, 0) is 0 Å². The molecular weight excluding hydrogens is 180 g/mol. The molecule has 0 aromatic heterocycles.